The summed E-state index contributed by atoms with van der Waals surface area (Å²) in [7, 11) is 0. The molecule has 1 aliphatic rings. The van der Waals surface area contributed by atoms with E-state index in [4.69, 9.17) is 5.11 Å². The van der Waals surface area contributed by atoms with Crippen LogP contribution in [0.2, 0.25) is 0 Å². The lowest BCUT2D eigenvalue weighted by Crippen LogP contribution is -2.25. The van der Waals surface area contributed by atoms with Crippen LogP contribution in [0.4, 0.5) is 4.39 Å². The fraction of sp³-hybridized carbons (Fsp3) is 0.200. The number of rotatable bonds is 1. The second-order valence-corrected chi connectivity index (χ2v) is 8.17. The van der Waals surface area contributed by atoms with Crippen LogP contribution in [0, 0.1) is 17.7 Å². The van der Waals surface area contributed by atoms with E-state index in [0.29, 0.717) is 22.4 Å². The maximum Gasteiger partial charge on any atom is 0.335 e. The Kier molecular flexibility index (Phi) is 4.40. The topological polar surface area (TPSA) is 54.4 Å². The van der Waals surface area contributed by atoms with Crippen molar-refractivity contribution in [3.63, 3.8) is 0 Å². The van der Waals surface area contributed by atoms with Gasteiger partial charge in [-0.3, -0.25) is 4.79 Å². The van der Waals surface area contributed by atoms with Crippen LogP contribution in [0.3, 0.4) is 0 Å². The minimum atomic E-state index is -1.01. The molecule has 0 saturated heterocycles. The van der Waals surface area contributed by atoms with E-state index in [1.807, 2.05) is 13.8 Å². The lowest BCUT2D eigenvalue weighted by Gasteiger charge is -2.29. The first-order valence-corrected chi connectivity index (χ1v) is 8.48. The van der Waals surface area contributed by atoms with Crippen LogP contribution in [-0.2, 0) is 0 Å². The molecule has 0 unspecified atom stereocenters. The van der Waals surface area contributed by atoms with Crippen molar-refractivity contribution in [1.29, 1.82) is 0 Å². The third kappa shape index (κ3) is 3.75. The summed E-state index contributed by atoms with van der Waals surface area (Å²) in [5.41, 5.74) is 1.41. The highest BCUT2D eigenvalue weighted by Gasteiger charge is 2.32. The number of carboxylic acids is 1. The standard InChI is InChI=1S/C20H15FO3S/c1-20(2)11-17(22)15-9-14(16(21)10-18(15)25-20)8-5-12-3-6-13(7-4-12)19(23)24/h3-4,6-7,9-10H,11H2,1-2H3,(H,23,24). The lowest BCUT2D eigenvalue weighted by molar-refractivity contribution is 0.0696. The van der Waals surface area contributed by atoms with Crippen LogP contribution >= 0.6 is 11.8 Å². The molecule has 0 aliphatic carbocycles. The minimum Gasteiger partial charge on any atom is -0.478 e. The number of thioether (sulfide) groups is 1. The SMILES string of the molecule is CC1(C)CC(=O)c2cc(C#Cc3ccc(C(=O)O)cc3)c(F)cc2S1. The normalized spacial score (nSPS) is 15.1. The number of aromatic carboxylic acids is 1. The number of fused-ring (bicyclic) bond motifs is 1. The largest absolute Gasteiger partial charge is 0.478 e. The molecule has 0 atom stereocenters. The number of Topliss-reactive ketones (excluding diaryl/α,β-unsaturated/α-hetero) is 1. The molecule has 5 heteroatoms. The second kappa shape index (κ2) is 6.38. The molecule has 2 aromatic rings. The fourth-order valence-electron chi connectivity index (χ4n) is 2.60. The number of carboxylic acid groups (broad SMARTS) is 1. The van der Waals surface area contributed by atoms with Crippen molar-refractivity contribution in [3.05, 3.63) is 64.5 Å². The average molecular weight is 354 g/mol. The van der Waals surface area contributed by atoms with Gasteiger partial charge in [-0.1, -0.05) is 11.8 Å². The zero-order valence-corrected chi connectivity index (χ0v) is 14.5. The van der Waals surface area contributed by atoms with Gasteiger partial charge >= 0.3 is 5.97 Å². The Morgan fingerprint density at radius 3 is 2.52 bits per heavy atom. The molecule has 1 aliphatic heterocycles. The number of hydrogen-bond acceptors (Lipinski definition) is 3. The number of carbonyl (C=O) groups is 2. The van der Waals surface area contributed by atoms with Gasteiger partial charge in [0.1, 0.15) is 5.82 Å². The maximum absolute atomic E-state index is 14.3. The molecule has 0 radical (unpaired) electrons. The first-order chi connectivity index (χ1) is 11.7. The van der Waals surface area contributed by atoms with Gasteiger partial charge in [-0.05, 0) is 50.2 Å². The monoisotopic (exact) mass is 354 g/mol. The van der Waals surface area contributed by atoms with Crippen LogP contribution in [0.1, 0.15) is 52.1 Å². The van der Waals surface area contributed by atoms with E-state index in [-0.39, 0.29) is 21.7 Å². The smallest absolute Gasteiger partial charge is 0.335 e. The molecule has 25 heavy (non-hydrogen) atoms. The number of ketones is 1. The van der Waals surface area contributed by atoms with Gasteiger partial charge in [0.05, 0.1) is 11.1 Å². The summed E-state index contributed by atoms with van der Waals surface area (Å²) >= 11 is 1.49. The quantitative estimate of drug-likeness (QED) is 0.772. The molecule has 3 nitrogen and oxygen atoms in total. The van der Waals surface area contributed by atoms with Crippen LogP contribution in [0.25, 0.3) is 0 Å². The van der Waals surface area contributed by atoms with Crippen LogP contribution in [0.15, 0.2) is 41.3 Å². The highest BCUT2D eigenvalue weighted by Crippen LogP contribution is 2.43. The van der Waals surface area contributed by atoms with Gasteiger partial charge in [-0.2, -0.15) is 0 Å². The van der Waals surface area contributed by atoms with Gasteiger partial charge in [-0.25, -0.2) is 9.18 Å². The molecular formula is C20H15FO3S. The molecule has 1 heterocycles. The summed E-state index contributed by atoms with van der Waals surface area (Å²) in [6, 6.07) is 8.90. The molecule has 0 saturated carbocycles. The maximum atomic E-state index is 14.3. The molecule has 0 bridgehead atoms. The van der Waals surface area contributed by atoms with E-state index in [1.165, 1.54) is 36.0 Å². The van der Waals surface area contributed by atoms with E-state index in [2.05, 4.69) is 11.8 Å². The van der Waals surface area contributed by atoms with Gasteiger partial charge in [0.25, 0.3) is 0 Å². The third-order valence-corrected chi connectivity index (χ3v) is 5.07. The molecule has 1 N–H and O–H groups in total. The van der Waals surface area contributed by atoms with E-state index < -0.39 is 11.8 Å². The van der Waals surface area contributed by atoms with Crippen molar-refractivity contribution in [2.45, 2.75) is 29.9 Å². The predicted octanol–water partition coefficient (Wildman–Crippen LogP) is 4.38. The number of carbonyl (C=O) groups excluding carboxylic acids is 1. The summed E-state index contributed by atoms with van der Waals surface area (Å²) in [6.45, 7) is 3.93. The van der Waals surface area contributed by atoms with Gasteiger partial charge in [-0.15, -0.1) is 11.8 Å². The van der Waals surface area contributed by atoms with Crippen LogP contribution < -0.4 is 0 Å². The highest BCUT2D eigenvalue weighted by molar-refractivity contribution is 8.00. The molecule has 3 rings (SSSR count). The Morgan fingerprint density at radius 2 is 1.88 bits per heavy atom. The second-order valence-electron chi connectivity index (χ2n) is 6.42. The van der Waals surface area contributed by atoms with E-state index in [0.717, 1.165) is 0 Å². The average Bonchev–Trinajstić information content (AvgIpc) is 2.52. The van der Waals surface area contributed by atoms with Gasteiger partial charge in [0, 0.05) is 27.2 Å². The van der Waals surface area contributed by atoms with E-state index in [9.17, 15) is 14.0 Å². The summed E-state index contributed by atoms with van der Waals surface area (Å²) in [5.74, 6) is 4.05. The van der Waals surface area contributed by atoms with Gasteiger partial charge in [0.15, 0.2) is 5.78 Å². The zero-order valence-electron chi connectivity index (χ0n) is 13.7. The predicted molar refractivity (Wildman–Crippen MR) is 94.7 cm³/mol. The Labute approximate surface area is 149 Å². The molecule has 0 fully saturated rings. The molecule has 2 aromatic carbocycles. The molecular weight excluding hydrogens is 339 g/mol. The van der Waals surface area contributed by atoms with Crippen LogP contribution in [-0.4, -0.2) is 21.6 Å². The first-order valence-electron chi connectivity index (χ1n) is 7.66. The Hall–Kier alpha value is -2.58. The summed E-state index contributed by atoms with van der Waals surface area (Å²) in [5, 5.41) is 8.87. The number of hydrogen-bond donors (Lipinski definition) is 1. The lowest BCUT2D eigenvalue weighted by atomic mass is 9.97. The summed E-state index contributed by atoms with van der Waals surface area (Å²) in [4.78, 5) is 23.8. The first kappa shape index (κ1) is 17.2. The third-order valence-electron chi connectivity index (χ3n) is 3.82. The Balaban J connectivity index is 1.94. The number of halogens is 1. The summed E-state index contributed by atoms with van der Waals surface area (Å²) < 4.78 is 14.1. The summed E-state index contributed by atoms with van der Waals surface area (Å²) in [6.07, 6.45) is 0.403. The van der Waals surface area contributed by atoms with Crippen molar-refractivity contribution in [1.82, 2.24) is 0 Å². The molecule has 0 amide bonds. The van der Waals surface area contributed by atoms with E-state index >= 15 is 0 Å². The van der Waals surface area contributed by atoms with Crippen molar-refractivity contribution >= 4 is 23.5 Å². The van der Waals surface area contributed by atoms with E-state index in [1.54, 1.807) is 12.1 Å². The minimum absolute atomic E-state index is 0.00684. The van der Waals surface area contributed by atoms with Gasteiger partial charge < -0.3 is 5.11 Å². The number of benzene rings is 2. The Bertz CT molecular complexity index is 934. The molecule has 126 valence electrons. The van der Waals surface area contributed by atoms with Crippen molar-refractivity contribution < 1.29 is 19.1 Å². The van der Waals surface area contributed by atoms with Gasteiger partial charge in [0.2, 0.25) is 0 Å². The van der Waals surface area contributed by atoms with Crippen molar-refractivity contribution in [2.24, 2.45) is 0 Å². The Morgan fingerprint density at radius 1 is 1.20 bits per heavy atom. The van der Waals surface area contributed by atoms with Crippen LogP contribution in [0.5, 0.6) is 0 Å². The molecule has 0 aromatic heterocycles. The zero-order chi connectivity index (χ0) is 18.2. The van der Waals surface area contributed by atoms with Crippen molar-refractivity contribution in [2.75, 3.05) is 0 Å². The molecule has 0 spiro atoms. The van der Waals surface area contributed by atoms with Crippen molar-refractivity contribution in [3.8, 4) is 11.8 Å². The highest BCUT2D eigenvalue weighted by atomic mass is 32.2. The fourth-order valence-corrected chi connectivity index (χ4v) is 3.85.